The lowest BCUT2D eigenvalue weighted by Crippen LogP contribution is -2.44. The van der Waals surface area contributed by atoms with E-state index in [1.54, 1.807) is 19.3 Å². The van der Waals surface area contributed by atoms with Gasteiger partial charge in [-0.15, -0.1) is 0 Å². The summed E-state index contributed by atoms with van der Waals surface area (Å²) in [7, 11) is -2.41. The van der Waals surface area contributed by atoms with Gasteiger partial charge in [0.05, 0.1) is 16.8 Å². The number of para-hydroxylation sites is 1. The maximum Gasteiger partial charge on any atom is 0.268 e. The van der Waals surface area contributed by atoms with E-state index >= 15 is 0 Å². The fraction of sp³-hybridized carbons (Fsp3) is 0.339. The zero-order chi connectivity index (χ0) is 49.8. The molecule has 1 heterocycles. The van der Waals surface area contributed by atoms with Crippen LogP contribution in [-0.4, -0.2) is 60.7 Å². The lowest BCUT2D eigenvalue weighted by atomic mass is 9.90. The molecule has 3 N–H and O–H groups in total. The first kappa shape index (κ1) is 51.3. The van der Waals surface area contributed by atoms with Gasteiger partial charge in [-0.2, -0.15) is 0 Å². The van der Waals surface area contributed by atoms with Gasteiger partial charge in [-0.25, -0.2) is 12.4 Å². The van der Waals surface area contributed by atoms with Crippen LogP contribution in [0.2, 0.25) is 0 Å². The lowest BCUT2D eigenvalue weighted by molar-refractivity contribution is -0.128. The van der Waals surface area contributed by atoms with Gasteiger partial charge in [0.2, 0.25) is 17.7 Å². The van der Waals surface area contributed by atoms with Crippen molar-refractivity contribution < 1.29 is 22.8 Å². The summed E-state index contributed by atoms with van der Waals surface area (Å²) in [5.41, 5.74) is 6.93. The number of aromatic nitrogens is 1. The maximum atomic E-state index is 15.0. The van der Waals surface area contributed by atoms with Gasteiger partial charge >= 0.3 is 0 Å². The topological polar surface area (TPSA) is 130 Å². The van der Waals surface area contributed by atoms with Crippen LogP contribution in [0.1, 0.15) is 84.9 Å². The van der Waals surface area contributed by atoms with E-state index in [2.05, 4.69) is 69.4 Å². The average molecular weight is 960 g/mol. The standard InChI is InChI=1S/C59H69N5O5S/c1-41-31-42(2)57(43(3)32-41)70(68,69)64-40-52(54-26-15-16-27-55(54)64)37-51(34-45(5)61-56(65)36-48-28-29-49-23-13-14-24-50(49)35-48)59(67)62-53(33-44(4)58(66)60-6)25-17-18-30-63(38-46-19-9-7-10-20-46)39-47-21-11-8-12-22-47/h7-16,19-24,26-29,31-32,35,40,44-45,51,53H,17-18,25,30,33-34,36-39H2,1-6H3,(H,60,66)(H,61,65)(H,62,67)/t44-,45-,51+,53+/m1/s1. The summed E-state index contributed by atoms with van der Waals surface area (Å²) in [6.07, 6.45) is 5.18. The van der Waals surface area contributed by atoms with Gasteiger partial charge in [0.1, 0.15) is 0 Å². The molecule has 0 aliphatic heterocycles. The number of amides is 3. The summed E-state index contributed by atoms with van der Waals surface area (Å²) >= 11 is 0. The summed E-state index contributed by atoms with van der Waals surface area (Å²) < 4.78 is 30.6. The Balaban J connectivity index is 1.14. The Kier molecular flexibility index (Phi) is 17.5. The van der Waals surface area contributed by atoms with Crippen molar-refractivity contribution in [3.05, 3.63) is 185 Å². The van der Waals surface area contributed by atoms with Gasteiger partial charge in [0.15, 0.2) is 0 Å². The van der Waals surface area contributed by atoms with Crippen LogP contribution in [-0.2, 0) is 50.3 Å². The molecule has 7 aromatic rings. The molecule has 11 heteroatoms. The van der Waals surface area contributed by atoms with E-state index in [0.29, 0.717) is 41.5 Å². The van der Waals surface area contributed by atoms with Crippen molar-refractivity contribution >= 4 is 49.4 Å². The highest BCUT2D eigenvalue weighted by Gasteiger charge is 2.30. The number of fused-ring (bicyclic) bond motifs is 2. The molecular weight excluding hydrogens is 891 g/mol. The van der Waals surface area contributed by atoms with E-state index in [1.807, 2.05) is 120 Å². The molecule has 0 saturated carbocycles. The number of aryl methyl sites for hydroxylation is 3. The van der Waals surface area contributed by atoms with Crippen molar-refractivity contribution in [1.29, 1.82) is 0 Å². The van der Waals surface area contributed by atoms with Crippen LogP contribution in [0.3, 0.4) is 0 Å². The fourth-order valence-corrected chi connectivity index (χ4v) is 11.9. The maximum absolute atomic E-state index is 15.0. The number of nitrogens with zero attached hydrogens (tertiary/aromatic N) is 2. The summed E-state index contributed by atoms with van der Waals surface area (Å²) in [6, 6.07) is 45.5. The van der Waals surface area contributed by atoms with E-state index in [0.717, 1.165) is 59.8 Å². The number of benzene rings is 6. The van der Waals surface area contributed by atoms with Crippen LogP contribution < -0.4 is 16.0 Å². The zero-order valence-corrected chi connectivity index (χ0v) is 42.4. The monoisotopic (exact) mass is 960 g/mol. The molecule has 0 radical (unpaired) electrons. The van der Waals surface area contributed by atoms with Gasteiger partial charge in [0, 0.05) is 55.6 Å². The van der Waals surface area contributed by atoms with Crippen LogP contribution in [0.4, 0.5) is 0 Å². The van der Waals surface area contributed by atoms with Crippen molar-refractivity contribution in [3.63, 3.8) is 0 Å². The molecule has 0 saturated heterocycles. The highest BCUT2D eigenvalue weighted by molar-refractivity contribution is 7.90. The highest BCUT2D eigenvalue weighted by Crippen LogP contribution is 2.32. The molecule has 0 unspecified atom stereocenters. The SMILES string of the molecule is CNC(=O)[C@H](C)C[C@H](CCCCN(Cc1ccccc1)Cc1ccccc1)NC(=O)[C@H](Cc1cn(S(=O)(=O)c2c(C)cc(C)cc2C)c2ccccc12)C[C@@H](C)NC(=O)Cc1ccc2ccccc2c1. The quantitative estimate of drug-likeness (QED) is 0.0548. The summed E-state index contributed by atoms with van der Waals surface area (Å²) in [6.45, 7) is 11.9. The van der Waals surface area contributed by atoms with Crippen molar-refractivity contribution in [3.8, 4) is 0 Å². The number of hydrogen-bond donors (Lipinski definition) is 3. The Bertz CT molecular complexity index is 2940. The van der Waals surface area contributed by atoms with Gasteiger partial charge < -0.3 is 16.0 Å². The summed E-state index contributed by atoms with van der Waals surface area (Å²) in [5, 5.41) is 12.2. The Hall–Kier alpha value is -6.56. The highest BCUT2D eigenvalue weighted by atomic mass is 32.2. The van der Waals surface area contributed by atoms with Gasteiger partial charge in [-0.1, -0.05) is 152 Å². The van der Waals surface area contributed by atoms with Crippen LogP contribution in [0.5, 0.6) is 0 Å². The van der Waals surface area contributed by atoms with Crippen LogP contribution in [0.15, 0.2) is 151 Å². The lowest BCUT2D eigenvalue weighted by Gasteiger charge is -2.27. The Morgan fingerprint density at radius 3 is 1.93 bits per heavy atom. The molecule has 0 aliphatic carbocycles. The number of rotatable bonds is 23. The molecule has 4 atom stereocenters. The van der Waals surface area contributed by atoms with E-state index < -0.39 is 22.0 Å². The molecule has 366 valence electrons. The largest absolute Gasteiger partial charge is 0.359 e. The van der Waals surface area contributed by atoms with E-state index in [-0.39, 0.29) is 47.4 Å². The number of unbranched alkanes of at least 4 members (excludes halogenated alkanes) is 1. The molecule has 10 nitrogen and oxygen atoms in total. The third-order valence-electron chi connectivity index (χ3n) is 13.4. The van der Waals surface area contributed by atoms with Crippen molar-refractivity contribution in [2.45, 2.75) is 110 Å². The molecule has 0 fully saturated rings. The molecule has 0 bridgehead atoms. The smallest absolute Gasteiger partial charge is 0.268 e. The van der Waals surface area contributed by atoms with Crippen molar-refractivity contribution in [2.24, 2.45) is 11.8 Å². The van der Waals surface area contributed by atoms with Gasteiger partial charge in [-0.05, 0) is 117 Å². The molecule has 3 amide bonds. The second kappa shape index (κ2) is 23.8. The molecule has 1 aromatic heterocycles. The third kappa shape index (κ3) is 13.4. The number of carbonyl (C=O) groups excluding carboxylic acids is 3. The van der Waals surface area contributed by atoms with E-state index in [4.69, 9.17) is 0 Å². The normalized spacial score (nSPS) is 13.5. The fourth-order valence-electron chi connectivity index (χ4n) is 10.1. The van der Waals surface area contributed by atoms with E-state index in [9.17, 15) is 22.8 Å². The second-order valence-electron chi connectivity index (χ2n) is 19.3. The first-order chi connectivity index (χ1) is 33.7. The zero-order valence-electron chi connectivity index (χ0n) is 41.6. The molecule has 0 spiro atoms. The summed E-state index contributed by atoms with van der Waals surface area (Å²) in [4.78, 5) is 44.3. The minimum atomic E-state index is -4.04. The first-order valence-electron chi connectivity index (χ1n) is 24.7. The Labute approximate surface area is 414 Å². The van der Waals surface area contributed by atoms with E-state index in [1.165, 1.54) is 15.1 Å². The molecular formula is C59H69N5O5S. The van der Waals surface area contributed by atoms with Crippen molar-refractivity contribution in [1.82, 2.24) is 24.8 Å². The molecule has 7 rings (SSSR count). The third-order valence-corrected chi connectivity index (χ3v) is 15.4. The Morgan fingerprint density at radius 1 is 0.657 bits per heavy atom. The summed E-state index contributed by atoms with van der Waals surface area (Å²) in [5.74, 6) is -1.47. The van der Waals surface area contributed by atoms with Crippen LogP contribution >= 0.6 is 0 Å². The van der Waals surface area contributed by atoms with Crippen molar-refractivity contribution in [2.75, 3.05) is 13.6 Å². The predicted octanol–water partition coefficient (Wildman–Crippen LogP) is 10.4. The minimum Gasteiger partial charge on any atom is -0.359 e. The van der Waals surface area contributed by atoms with Gasteiger partial charge in [-0.3, -0.25) is 19.3 Å². The van der Waals surface area contributed by atoms with Crippen LogP contribution in [0, 0.1) is 32.6 Å². The Morgan fingerprint density at radius 2 is 1.27 bits per heavy atom. The second-order valence-corrected chi connectivity index (χ2v) is 21.0. The number of nitrogens with one attached hydrogen (secondary N) is 3. The predicted molar refractivity (Wildman–Crippen MR) is 283 cm³/mol. The average Bonchev–Trinajstić information content (AvgIpc) is 3.71. The number of hydrogen-bond acceptors (Lipinski definition) is 6. The van der Waals surface area contributed by atoms with Gasteiger partial charge in [0.25, 0.3) is 10.0 Å². The minimum absolute atomic E-state index is 0.0940. The first-order valence-corrected chi connectivity index (χ1v) is 26.1. The molecule has 70 heavy (non-hydrogen) atoms. The molecule has 6 aromatic carbocycles. The molecule has 0 aliphatic rings. The van der Waals surface area contributed by atoms with Crippen LogP contribution in [0.25, 0.3) is 21.7 Å². The number of carbonyl (C=O) groups is 3.